The molecule has 6 heteroatoms. The van der Waals surface area contributed by atoms with Crippen LogP contribution >= 0.6 is 0 Å². The van der Waals surface area contributed by atoms with Crippen LogP contribution in [0.4, 0.5) is 0 Å². The summed E-state index contributed by atoms with van der Waals surface area (Å²) >= 11 is 0. The third-order valence-electron chi connectivity index (χ3n) is 3.03. The second-order valence-electron chi connectivity index (χ2n) is 4.39. The second kappa shape index (κ2) is 4.65. The Bertz CT molecular complexity index is 701. The minimum Gasteiger partial charge on any atom is -0.478 e. The van der Waals surface area contributed by atoms with Crippen molar-refractivity contribution in [3.8, 4) is 0 Å². The highest BCUT2D eigenvalue weighted by atomic mass is 16.4. The van der Waals surface area contributed by atoms with Crippen molar-refractivity contribution in [1.29, 1.82) is 0 Å². The summed E-state index contributed by atoms with van der Waals surface area (Å²) in [5.74, 6) is -0.0263. The van der Waals surface area contributed by atoms with Gasteiger partial charge in [0.15, 0.2) is 11.7 Å². The van der Waals surface area contributed by atoms with Gasteiger partial charge in [0.2, 0.25) is 0 Å². The van der Waals surface area contributed by atoms with Gasteiger partial charge in [-0.3, -0.25) is 0 Å². The summed E-state index contributed by atoms with van der Waals surface area (Å²) in [6.07, 6.45) is 5.42. The van der Waals surface area contributed by atoms with Crippen molar-refractivity contribution in [2.75, 3.05) is 6.54 Å². The number of amidine groups is 2. The third kappa shape index (κ3) is 2.07. The number of carboxylic acid groups (broad SMARTS) is 1. The zero-order valence-corrected chi connectivity index (χ0v) is 10.5. The van der Waals surface area contributed by atoms with E-state index in [1.807, 2.05) is 17.2 Å². The molecule has 6 nitrogen and oxygen atoms in total. The van der Waals surface area contributed by atoms with E-state index >= 15 is 0 Å². The zero-order chi connectivity index (χ0) is 14.1. The van der Waals surface area contributed by atoms with E-state index < -0.39 is 5.97 Å². The van der Waals surface area contributed by atoms with E-state index in [4.69, 9.17) is 10.8 Å². The summed E-state index contributed by atoms with van der Waals surface area (Å²) in [5.41, 5.74) is 7.45. The van der Waals surface area contributed by atoms with Gasteiger partial charge in [-0.25, -0.2) is 14.8 Å². The minimum atomic E-state index is -0.969. The molecule has 0 saturated heterocycles. The van der Waals surface area contributed by atoms with Crippen molar-refractivity contribution in [3.63, 3.8) is 0 Å². The molecule has 2 heterocycles. The highest BCUT2D eigenvalue weighted by molar-refractivity contribution is 6.41. The number of fused-ring (bicyclic) bond motifs is 1. The van der Waals surface area contributed by atoms with Crippen molar-refractivity contribution in [2.45, 2.75) is 0 Å². The van der Waals surface area contributed by atoms with Crippen molar-refractivity contribution in [2.24, 2.45) is 15.7 Å². The van der Waals surface area contributed by atoms with Gasteiger partial charge in [0.05, 0.1) is 11.3 Å². The fourth-order valence-corrected chi connectivity index (χ4v) is 2.08. The Morgan fingerprint density at radius 3 is 3.05 bits per heavy atom. The number of benzene rings is 1. The average molecular weight is 268 g/mol. The molecule has 0 radical (unpaired) electrons. The van der Waals surface area contributed by atoms with Gasteiger partial charge in [-0.05, 0) is 18.2 Å². The summed E-state index contributed by atoms with van der Waals surface area (Å²) in [7, 11) is 0. The van der Waals surface area contributed by atoms with Crippen LogP contribution in [0.3, 0.4) is 0 Å². The van der Waals surface area contributed by atoms with Crippen molar-refractivity contribution < 1.29 is 9.90 Å². The van der Waals surface area contributed by atoms with Crippen LogP contribution in [0.25, 0.3) is 5.70 Å². The lowest BCUT2D eigenvalue weighted by atomic mass is 10.1. The summed E-state index contributed by atoms with van der Waals surface area (Å²) in [6, 6.07) is 6.60. The van der Waals surface area contributed by atoms with Gasteiger partial charge in [-0.1, -0.05) is 12.1 Å². The minimum absolute atomic E-state index is 0.218. The van der Waals surface area contributed by atoms with Crippen molar-refractivity contribution >= 4 is 23.3 Å². The summed E-state index contributed by atoms with van der Waals surface area (Å²) in [4.78, 5) is 21.4. The van der Waals surface area contributed by atoms with Crippen LogP contribution in [0.15, 0.2) is 52.7 Å². The van der Waals surface area contributed by atoms with E-state index in [-0.39, 0.29) is 5.56 Å². The molecule has 0 aromatic heterocycles. The van der Waals surface area contributed by atoms with Crippen molar-refractivity contribution in [1.82, 2.24) is 4.90 Å². The number of carbonyl (C=O) groups is 1. The molecule has 100 valence electrons. The molecule has 1 aromatic rings. The lowest BCUT2D eigenvalue weighted by Crippen LogP contribution is -2.41. The first-order valence-electron chi connectivity index (χ1n) is 6.05. The number of aromatic carboxylic acids is 1. The van der Waals surface area contributed by atoms with Crippen LogP contribution in [-0.4, -0.2) is 34.2 Å². The van der Waals surface area contributed by atoms with E-state index in [1.165, 1.54) is 0 Å². The number of rotatable bonds is 2. The molecule has 0 saturated carbocycles. The normalized spacial score (nSPS) is 17.0. The van der Waals surface area contributed by atoms with Crippen LogP contribution in [0, 0.1) is 0 Å². The Kier molecular flexibility index (Phi) is 2.83. The molecular weight excluding hydrogens is 256 g/mol. The lowest BCUT2D eigenvalue weighted by molar-refractivity contribution is 0.0697. The Morgan fingerprint density at radius 2 is 2.25 bits per heavy atom. The van der Waals surface area contributed by atoms with Gasteiger partial charge in [-0.2, -0.15) is 0 Å². The fraction of sp³-hybridized carbons (Fsp3) is 0.0714. The van der Waals surface area contributed by atoms with Crippen molar-refractivity contribution in [3.05, 3.63) is 53.9 Å². The molecule has 20 heavy (non-hydrogen) atoms. The Balaban J connectivity index is 2.01. The average Bonchev–Trinajstić information content (AvgIpc) is 2.47. The van der Waals surface area contributed by atoms with Gasteiger partial charge in [-0.15, -0.1) is 0 Å². The first-order valence-corrected chi connectivity index (χ1v) is 6.05. The SMILES string of the molecule is NC1=NC(c2cccc(C(=O)O)c2)=CN2CC=CN=C12. The van der Waals surface area contributed by atoms with Gasteiger partial charge < -0.3 is 15.7 Å². The zero-order valence-electron chi connectivity index (χ0n) is 10.5. The Morgan fingerprint density at radius 1 is 1.40 bits per heavy atom. The van der Waals surface area contributed by atoms with Crippen LogP contribution in [-0.2, 0) is 0 Å². The fourth-order valence-electron chi connectivity index (χ4n) is 2.08. The number of carboxylic acids is 1. The lowest BCUT2D eigenvalue weighted by Gasteiger charge is -2.26. The molecule has 0 amide bonds. The predicted molar refractivity (Wildman–Crippen MR) is 76.3 cm³/mol. The molecule has 0 bridgehead atoms. The predicted octanol–water partition coefficient (Wildman–Crippen LogP) is 1.28. The standard InChI is InChI=1S/C14H12N4O2/c15-12-13-16-5-2-6-18(13)8-11(17-12)9-3-1-4-10(7-9)14(19)20/h1-5,7-8H,6H2,(H2,15,17)(H,19,20). The Hall–Kier alpha value is -2.89. The molecule has 0 atom stereocenters. The van der Waals surface area contributed by atoms with Gasteiger partial charge in [0.1, 0.15) is 0 Å². The smallest absolute Gasteiger partial charge is 0.335 e. The molecule has 0 spiro atoms. The molecule has 0 fully saturated rings. The number of aliphatic imine (C=N–C) groups is 2. The first kappa shape index (κ1) is 12.2. The van der Waals surface area contributed by atoms with Gasteiger partial charge in [0, 0.05) is 24.5 Å². The monoisotopic (exact) mass is 268 g/mol. The molecule has 3 rings (SSSR count). The summed E-state index contributed by atoms with van der Waals surface area (Å²) in [5, 5.41) is 9.03. The van der Waals surface area contributed by atoms with E-state index in [0.29, 0.717) is 29.5 Å². The van der Waals surface area contributed by atoms with E-state index in [0.717, 1.165) is 0 Å². The highest BCUT2D eigenvalue weighted by Crippen LogP contribution is 2.22. The molecule has 3 N–H and O–H groups in total. The summed E-state index contributed by atoms with van der Waals surface area (Å²) in [6.45, 7) is 0.664. The topological polar surface area (TPSA) is 91.3 Å². The summed E-state index contributed by atoms with van der Waals surface area (Å²) < 4.78 is 0. The molecule has 2 aliphatic rings. The number of nitrogens with zero attached hydrogens (tertiary/aromatic N) is 3. The Labute approximate surface area is 115 Å². The maximum Gasteiger partial charge on any atom is 0.335 e. The maximum absolute atomic E-state index is 11.0. The first-order chi connectivity index (χ1) is 9.65. The quantitative estimate of drug-likeness (QED) is 0.845. The van der Waals surface area contributed by atoms with E-state index in [9.17, 15) is 4.79 Å². The number of hydrogen-bond acceptors (Lipinski definition) is 5. The number of hydrogen-bond donors (Lipinski definition) is 2. The van der Waals surface area contributed by atoms with E-state index in [1.54, 1.807) is 30.5 Å². The van der Waals surface area contributed by atoms with Crippen LogP contribution in [0.5, 0.6) is 0 Å². The molecule has 0 unspecified atom stereocenters. The van der Waals surface area contributed by atoms with Gasteiger partial charge >= 0.3 is 5.97 Å². The molecule has 1 aromatic carbocycles. The highest BCUT2D eigenvalue weighted by Gasteiger charge is 2.21. The molecule has 0 aliphatic carbocycles. The molecular formula is C14H12N4O2. The molecule has 2 aliphatic heterocycles. The van der Waals surface area contributed by atoms with E-state index in [2.05, 4.69) is 9.98 Å². The van der Waals surface area contributed by atoms with Gasteiger partial charge in [0.25, 0.3) is 0 Å². The largest absolute Gasteiger partial charge is 0.478 e. The second-order valence-corrected chi connectivity index (χ2v) is 4.39. The van der Waals surface area contributed by atoms with Crippen LogP contribution < -0.4 is 5.73 Å². The van der Waals surface area contributed by atoms with Crippen LogP contribution in [0.1, 0.15) is 15.9 Å². The van der Waals surface area contributed by atoms with Crippen LogP contribution in [0.2, 0.25) is 0 Å². The maximum atomic E-state index is 11.0. The number of nitrogens with two attached hydrogens (primary N) is 1. The third-order valence-corrected chi connectivity index (χ3v) is 3.03.